The van der Waals surface area contributed by atoms with Crippen LogP contribution >= 0.6 is 22.9 Å². The zero-order chi connectivity index (χ0) is 9.68. The molecule has 1 heterocycles. The molecule has 1 unspecified atom stereocenters. The first-order valence-electron chi connectivity index (χ1n) is 4.47. The Hall–Kier alpha value is -0.280. The molecule has 0 aliphatic carbocycles. The van der Waals surface area contributed by atoms with Gasteiger partial charge in [0.2, 0.25) is 0 Å². The number of halogens is 1. The van der Waals surface area contributed by atoms with Crippen molar-refractivity contribution in [3.8, 4) is 0 Å². The molecule has 0 aliphatic rings. The van der Waals surface area contributed by atoms with Gasteiger partial charge in [0.05, 0.1) is 5.69 Å². The fourth-order valence-corrected chi connectivity index (χ4v) is 2.04. The van der Waals surface area contributed by atoms with Crippen molar-refractivity contribution in [3.05, 3.63) is 11.1 Å². The summed E-state index contributed by atoms with van der Waals surface area (Å²) >= 11 is 7.27. The van der Waals surface area contributed by atoms with Gasteiger partial charge in [0.25, 0.3) is 0 Å². The first-order valence-corrected chi connectivity index (χ1v) is 5.88. The number of hydrogen-bond donors (Lipinski definition) is 1. The highest BCUT2D eigenvalue weighted by atomic mass is 35.5. The Morgan fingerprint density at radius 2 is 2.46 bits per heavy atom. The fourth-order valence-electron chi connectivity index (χ4n) is 1.09. The highest BCUT2D eigenvalue weighted by Crippen LogP contribution is 2.16. The maximum Gasteiger partial charge on any atom is 0.183 e. The first kappa shape index (κ1) is 10.8. The average Bonchev–Trinajstić information content (AvgIpc) is 2.48. The quantitative estimate of drug-likeness (QED) is 0.768. The zero-order valence-electron chi connectivity index (χ0n) is 8.01. The average molecular weight is 219 g/mol. The van der Waals surface area contributed by atoms with E-state index in [0.29, 0.717) is 6.04 Å². The third-order valence-corrected chi connectivity index (χ3v) is 2.92. The summed E-state index contributed by atoms with van der Waals surface area (Å²) in [6, 6.07) is 0.462. The van der Waals surface area contributed by atoms with Crippen molar-refractivity contribution in [2.75, 3.05) is 11.2 Å². The van der Waals surface area contributed by atoms with Gasteiger partial charge in [-0.25, -0.2) is 4.98 Å². The van der Waals surface area contributed by atoms with Gasteiger partial charge in [0.15, 0.2) is 5.13 Å². The topological polar surface area (TPSA) is 24.9 Å². The molecule has 0 fully saturated rings. The fraction of sp³-hybridized carbons (Fsp3) is 0.667. The Labute approximate surface area is 88.3 Å². The van der Waals surface area contributed by atoms with E-state index in [0.717, 1.165) is 29.5 Å². The van der Waals surface area contributed by atoms with Crippen molar-refractivity contribution in [1.29, 1.82) is 0 Å². The third kappa shape index (κ3) is 3.96. The summed E-state index contributed by atoms with van der Waals surface area (Å²) in [5.74, 6) is 0.739. The largest absolute Gasteiger partial charge is 0.359 e. The molecule has 0 aromatic carbocycles. The van der Waals surface area contributed by atoms with Crippen LogP contribution in [0.3, 0.4) is 0 Å². The van der Waals surface area contributed by atoms with E-state index < -0.39 is 0 Å². The minimum absolute atomic E-state index is 0.462. The van der Waals surface area contributed by atoms with Crippen molar-refractivity contribution in [2.24, 2.45) is 0 Å². The molecule has 0 saturated carbocycles. The monoisotopic (exact) mass is 218 g/mol. The van der Waals surface area contributed by atoms with E-state index in [1.165, 1.54) is 0 Å². The van der Waals surface area contributed by atoms with Crippen molar-refractivity contribution >= 4 is 28.1 Å². The molecule has 0 aliphatic heterocycles. The van der Waals surface area contributed by atoms with Crippen LogP contribution in [-0.4, -0.2) is 16.9 Å². The number of hydrogen-bond acceptors (Lipinski definition) is 3. The molecule has 0 amide bonds. The van der Waals surface area contributed by atoms with Crippen LogP contribution in [-0.2, 0) is 0 Å². The lowest BCUT2D eigenvalue weighted by Crippen LogP contribution is -2.14. The van der Waals surface area contributed by atoms with Crippen LogP contribution in [0, 0.1) is 6.92 Å². The van der Waals surface area contributed by atoms with Gasteiger partial charge in [-0.15, -0.1) is 22.9 Å². The summed E-state index contributed by atoms with van der Waals surface area (Å²) < 4.78 is 0. The summed E-state index contributed by atoms with van der Waals surface area (Å²) in [4.78, 5) is 4.33. The number of thiazole rings is 1. The second-order valence-corrected chi connectivity index (χ2v) is 4.41. The number of aryl methyl sites for hydroxylation is 1. The zero-order valence-corrected chi connectivity index (χ0v) is 9.58. The molecule has 0 bridgehead atoms. The van der Waals surface area contributed by atoms with Crippen molar-refractivity contribution in [2.45, 2.75) is 32.7 Å². The van der Waals surface area contributed by atoms with Crippen LogP contribution in [0.5, 0.6) is 0 Å². The molecule has 2 nitrogen and oxygen atoms in total. The summed E-state index contributed by atoms with van der Waals surface area (Å²) in [5.41, 5.74) is 1.08. The molecule has 1 aromatic rings. The van der Waals surface area contributed by atoms with Crippen LogP contribution in [0.4, 0.5) is 5.13 Å². The van der Waals surface area contributed by atoms with Crippen LogP contribution < -0.4 is 5.32 Å². The number of rotatable bonds is 5. The van der Waals surface area contributed by atoms with Crippen LogP contribution in [0.2, 0.25) is 0 Å². The van der Waals surface area contributed by atoms with Gasteiger partial charge < -0.3 is 5.32 Å². The molecule has 1 N–H and O–H groups in total. The van der Waals surface area contributed by atoms with E-state index in [2.05, 4.69) is 22.6 Å². The number of aromatic nitrogens is 1. The lowest BCUT2D eigenvalue weighted by atomic mass is 10.2. The van der Waals surface area contributed by atoms with Gasteiger partial charge in [-0.1, -0.05) is 0 Å². The standard InChI is InChI=1S/C9H15ClN2S/c1-7(4-3-5-10)11-9-12-8(2)6-13-9/h6-7H,3-5H2,1-2H3,(H,11,12). The van der Waals surface area contributed by atoms with Crippen molar-refractivity contribution < 1.29 is 0 Å². The molecular formula is C9H15ClN2S. The first-order chi connectivity index (χ1) is 6.22. The van der Waals surface area contributed by atoms with E-state index in [-0.39, 0.29) is 0 Å². The van der Waals surface area contributed by atoms with Crippen LogP contribution in [0.15, 0.2) is 5.38 Å². The maximum absolute atomic E-state index is 5.61. The van der Waals surface area contributed by atoms with Gasteiger partial charge >= 0.3 is 0 Å². The molecule has 0 radical (unpaired) electrons. The molecule has 0 saturated heterocycles. The lowest BCUT2D eigenvalue weighted by molar-refractivity contribution is 0.692. The summed E-state index contributed by atoms with van der Waals surface area (Å²) in [7, 11) is 0. The highest BCUT2D eigenvalue weighted by Gasteiger charge is 2.03. The van der Waals surface area contributed by atoms with E-state index in [9.17, 15) is 0 Å². The summed E-state index contributed by atoms with van der Waals surface area (Å²) in [6.07, 6.45) is 2.15. The third-order valence-electron chi connectivity index (χ3n) is 1.76. The Balaban J connectivity index is 2.31. The number of anilines is 1. The van der Waals surface area contributed by atoms with Gasteiger partial charge in [-0.3, -0.25) is 0 Å². The number of nitrogens with zero attached hydrogens (tertiary/aromatic N) is 1. The Morgan fingerprint density at radius 3 is 3.00 bits per heavy atom. The predicted octanol–water partition coefficient (Wildman–Crippen LogP) is 3.27. The minimum atomic E-state index is 0.462. The highest BCUT2D eigenvalue weighted by molar-refractivity contribution is 7.13. The second kappa shape index (κ2) is 5.45. The van der Waals surface area contributed by atoms with Crippen molar-refractivity contribution in [1.82, 2.24) is 4.98 Å². The molecule has 1 atom stereocenters. The van der Waals surface area contributed by atoms with Crippen LogP contribution in [0.1, 0.15) is 25.5 Å². The molecule has 13 heavy (non-hydrogen) atoms. The Bertz CT molecular complexity index is 250. The normalized spacial score (nSPS) is 12.8. The van der Waals surface area contributed by atoms with Crippen molar-refractivity contribution in [3.63, 3.8) is 0 Å². The van der Waals surface area contributed by atoms with Gasteiger partial charge in [-0.05, 0) is 26.7 Å². The van der Waals surface area contributed by atoms with E-state index in [4.69, 9.17) is 11.6 Å². The second-order valence-electron chi connectivity index (χ2n) is 3.17. The number of alkyl halides is 1. The molecule has 74 valence electrons. The Morgan fingerprint density at radius 1 is 1.69 bits per heavy atom. The van der Waals surface area contributed by atoms with E-state index in [1.54, 1.807) is 11.3 Å². The molecular weight excluding hydrogens is 204 g/mol. The molecule has 0 spiro atoms. The smallest absolute Gasteiger partial charge is 0.183 e. The van der Waals surface area contributed by atoms with E-state index >= 15 is 0 Å². The lowest BCUT2D eigenvalue weighted by Gasteiger charge is -2.11. The summed E-state index contributed by atoms with van der Waals surface area (Å²) in [6.45, 7) is 4.16. The molecule has 1 rings (SSSR count). The van der Waals surface area contributed by atoms with Gasteiger partial charge in [-0.2, -0.15) is 0 Å². The summed E-state index contributed by atoms with van der Waals surface area (Å²) in [5, 5.41) is 6.41. The van der Waals surface area contributed by atoms with Gasteiger partial charge in [0, 0.05) is 17.3 Å². The SMILES string of the molecule is Cc1csc(NC(C)CCCCl)n1. The maximum atomic E-state index is 5.61. The minimum Gasteiger partial charge on any atom is -0.359 e. The predicted molar refractivity (Wildman–Crippen MR) is 59.9 cm³/mol. The Kier molecular flexibility index (Phi) is 4.53. The van der Waals surface area contributed by atoms with E-state index in [1.807, 2.05) is 6.92 Å². The van der Waals surface area contributed by atoms with Crippen LogP contribution in [0.25, 0.3) is 0 Å². The molecule has 1 aromatic heterocycles. The number of nitrogens with one attached hydrogen (secondary N) is 1. The van der Waals surface area contributed by atoms with Gasteiger partial charge in [0.1, 0.15) is 0 Å². The molecule has 4 heteroatoms.